The highest BCUT2D eigenvalue weighted by Crippen LogP contribution is 2.35. The number of rotatable bonds is 6. The van der Waals surface area contributed by atoms with Crippen molar-refractivity contribution in [3.05, 3.63) is 29.6 Å². The quantitative estimate of drug-likeness (QED) is 0.661. The normalized spacial score (nSPS) is 12.7. The molecular weight excluding hydrogens is 451 g/mol. The molecule has 2 rings (SSSR count). The first-order chi connectivity index (χ1) is 13.6. The molecule has 0 unspecified atom stereocenters. The van der Waals surface area contributed by atoms with Gasteiger partial charge in [0.05, 0.1) is 0 Å². The Balaban J connectivity index is 2.72. The molecule has 15 heteroatoms. The predicted molar refractivity (Wildman–Crippen MR) is 86.6 cm³/mol. The van der Waals surface area contributed by atoms with Crippen LogP contribution in [-0.2, 0) is 10.0 Å². The van der Waals surface area contributed by atoms with E-state index in [0.29, 0.717) is 0 Å². The molecule has 2 N–H and O–H groups in total. The summed E-state index contributed by atoms with van der Waals surface area (Å²) in [5, 5.41) is 4.90. The van der Waals surface area contributed by atoms with Crippen LogP contribution in [-0.4, -0.2) is 44.0 Å². The minimum absolute atomic E-state index is 0.0360. The molecule has 166 valence electrons. The number of nitrogens with zero attached hydrogens (tertiary/aromatic N) is 2. The van der Waals surface area contributed by atoms with Gasteiger partial charge in [0, 0.05) is 5.56 Å². The van der Waals surface area contributed by atoms with Crippen molar-refractivity contribution in [1.29, 1.82) is 0 Å². The summed E-state index contributed by atoms with van der Waals surface area (Å²) in [7, 11) is -4.98. The summed E-state index contributed by atoms with van der Waals surface area (Å²) < 4.78 is 121. The minimum atomic E-state index is -4.98. The van der Waals surface area contributed by atoms with Crippen molar-refractivity contribution in [3.8, 4) is 23.1 Å². The molecule has 0 saturated heterocycles. The molecule has 0 aliphatic carbocycles. The summed E-state index contributed by atoms with van der Waals surface area (Å²) >= 11 is 0. The average Bonchev–Trinajstić information content (AvgIpc) is 2.55. The number of benzene rings is 1. The molecule has 1 aromatic carbocycles. The Bertz CT molecular complexity index is 1000. The molecule has 7 nitrogen and oxygen atoms in total. The first kappa shape index (κ1) is 23.6. The van der Waals surface area contributed by atoms with Crippen molar-refractivity contribution in [3.63, 3.8) is 0 Å². The van der Waals surface area contributed by atoms with Gasteiger partial charge in [-0.15, -0.1) is 0 Å². The fourth-order valence-corrected chi connectivity index (χ4v) is 2.84. The van der Waals surface area contributed by atoms with Crippen molar-refractivity contribution in [2.75, 3.05) is 13.2 Å². The summed E-state index contributed by atoms with van der Waals surface area (Å²) in [5.74, 6) is -3.82. The van der Waals surface area contributed by atoms with E-state index in [1.54, 1.807) is 0 Å². The van der Waals surface area contributed by atoms with Crippen LogP contribution in [0, 0.1) is 12.7 Å². The van der Waals surface area contributed by atoms with E-state index < -0.39 is 63.9 Å². The standard InChI is InChI=1S/C15H12F7N3O4S/c1-7-4-8(16)2-3-9(7)11-24-12(28-5-14(17,18)19)10(30(23,26)27)13(25-11)29-6-15(20,21)22/h2-4H,5-6H2,1H3,(H2,23,26,27). The van der Waals surface area contributed by atoms with E-state index in [4.69, 9.17) is 5.14 Å². The Kier molecular flexibility index (Phi) is 6.46. The Morgan fingerprint density at radius 2 is 1.43 bits per heavy atom. The predicted octanol–water partition coefficient (Wildman–Crippen LogP) is 3.12. The second kappa shape index (κ2) is 8.22. The van der Waals surface area contributed by atoms with Crippen molar-refractivity contribution in [1.82, 2.24) is 9.97 Å². The van der Waals surface area contributed by atoms with E-state index >= 15 is 0 Å². The number of halogens is 7. The third-order valence-corrected chi connectivity index (χ3v) is 4.18. The number of primary sulfonamides is 1. The van der Waals surface area contributed by atoms with E-state index in [1.807, 2.05) is 0 Å². The number of hydrogen-bond acceptors (Lipinski definition) is 6. The first-order valence-electron chi connectivity index (χ1n) is 7.67. The molecule has 0 aliphatic heterocycles. The van der Waals surface area contributed by atoms with Gasteiger partial charge in [0.25, 0.3) is 0 Å². The topological polar surface area (TPSA) is 104 Å². The van der Waals surface area contributed by atoms with Gasteiger partial charge < -0.3 is 9.47 Å². The maximum Gasteiger partial charge on any atom is 0.422 e. The van der Waals surface area contributed by atoms with Gasteiger partial charge in [0.1, 0.15) is 5.82 Å². The SMILES string of the molecule is Cc1cc(F)ccc1-c1nc(OCC(F)(F)F)c(S(N)(=O)=O)c(OCC(F)(F)F)n1. The number of sulfonamides is 1. The zero-order valence-corrected chi connectivity index (χ0v) is 15.6. The summed E-state index contributed by atoms with van der Waals surface area (Å²) in [5.41, 5.74) is 0.105. The number of nitrogens with two attached hydrogens (primary N) is 1. The van der Waals surface area contributed by atoms with Gasteiger partial charge in [0.2, 0.25) is 26.7 Å². The highest BCUT2D eigenvalue weighted by atomic mass is 32.2. The average molecular weight is 463 g/mol. The number of alkyl halides is 6. The largest absolute Gasteiger partial charge is 0.467 e. The van der Waals surface area contributed by atoms with Crippen LogP contribution in [0.2, 0.25) is 0 Å². The molecule has 0 fully saturated rings. The second-order valence-corrected chi connectivity index (χ2v) is 7.30. The Morgan fingerprint density at radius 3 is 1.80 bits per heavy atom. The molecular formula is C15H12F7N3O4S. The molecule has 1 heterocycles. The fraction of sp³-hybridized carbons (Fsp3) is 0.333. The van der Waals surface area contributed by atoms with E-state index in [9.17, 15) is 39.2 Å². The monoisotopic (exact) mass is 463 g/mol. The van der Waals surface area contributed by atoms with E-state index in [2.05, 4.69) is 19.4 Å². The lowest BCUT2D eigenvalue weighted by Gasteiger charge is -2.17. The minimum Gasteiger partial charge on any atom is -0.467 e. The van der Waals surface area contributed by atoms with Crippen molar-refractivity contribution in [2.24, 2.45) is 5.14 Å². The molecule has 0 radical (unpaired) electrons. The van der Waals surface area contributed by atoms with E-state index in [0.717, 1.165) is 18.2 Å². The van der Waals surface area contributed by atoms with Crippen LogP contribution < -0.4 is 14.6 Å². The molecule has 0 spiro atoms. The molecule has 0 bridgehead atoms. The van der Waals surface area contributed by atoms with Gasteiger partial charge in [-0.2, -0.15) is 36.3 Å². The van der Waals surface area contributed by atoms with Gasteiger partial charge in [0.15, 0.2) is 19.0 Å². The third-order valence-electron chi connectivity index (χ3n) is 3.26. The lowest BCUT2D eigenvalue weighted by molar-refractivity contribution is -0.155. The van der Waals surface area contributed by atoms with E-state index in [1.165, 1.54) is 6.92 Å². The van der Waals surface area contributed by atoms with E-state index in [-0.39, 0.29) is 11.1 Å². The van der Waals surface area contributed by atoms with Crippen LogP contribution >= 0.6 is 0 Å². The second-order valence-electron chi connectivity index (χ2n) is 5.80. The summed E-state index contributed by atoms with van der Waals surface area (Å²) in [4.78, 5) is 5.66. The summed E-state index contributed by atoms with van der Waals surface area (Å²) in [6.45, 7) is -2.72. The molecule has 30 heavy (non-hydrogen) atoms. The fourth-order valence-electron chi connectivity index (χ4n) is 2.15. The number of hydrogen-bond donors (Lipinski definition) is 1. The molecule has 0 amide bonds. The van der Waals surface area contributed by atoms with Gasteiger partial charge in [-0.25, -0.2) is 17.9 Å². The zero-order chi connectivity index (χ0) is 22.9. The lowest BCUT2D eigenvalue weighted by atomic mass is 10.1. The molecule has 0 atom stereocenters. The molecule has 0 aliphatic rings. The Labute approximate surface area is 164 Å². The van der Waals surface area contributed by atoms with Gasteiger partial charge in [-0.3, -0.25) is 0 Å². The van der Waals surface area contributed by atoms with Gasteiger partial charge >= 0.3 is 12.4 Å². The van der Waals surface area contributed by atoms with Crippen LogP contribution in [0.4, 0.5) is 30.7 Å². The summed E-state index contributed by atoms with van der Waals surface area (Å²) in [6, 6.07) is 2.99. The van der Waals surface area contributed by atoms with Gasteiger partial charge in [-0.05, 0) is 30.7 Å². The Morgan fingerprint density at radius 1 is 0.967 bits per heavy atom. The van der Waals surface area contributed by atoms with Crippen molar-refractivity contribution < 1.29 is 48.6 Å². The van der Waals surface area contributed by atoms with Crippen molar-refractivity contribution >= 4 is 10.0 Å². The van der Waals surface area contributed by atoms with Crippen LogP contribution in [0.5, 0.6) is 11.8 Å². The highest BCUT2D eigenvalue weighted by molar-refractivity contribution is 7.89. The molecule has 0 saturated carbocycles. The highest BCUT2D eigenvalue weighted by Gasteiger charge is 2.35. The smallest absolute Gasteiger partial charge is 0.422 e. The maximum absolute atomic E-state index is 13.3. The van der Waals surface area contributed by atoms with Crippen LogP contribution in [0.1, 0.15) is 5.56 Å². The zero-order valence-electron chi connectivity index (χ0n) is 14.8. The number of ether oxygens (including phenoxy) is 2. The Hall–Kier alpha value is -2.68. The molecule has 2 aromatic rings. The van der Waals surface area contributed by atoms with Crippen molar-refractivity contribution in [2.45, 2.75) is 24.2 Å². The van der Waals surface area contributed by atoms with Crippen LogP contribution in [0.3, 0.4) is 0 Å². The van der Waals surface area contributed by atoms with Crippen LogP contribution in [0.25, 0.3) is 11.4 Å². The number of aromatic nitrogens is 2. The molecule has 1 aromatic heterocycles. The first-order valence-corrected chi connectivity index (χ1v) is 9.22. The van der Waals surface area contributed by atoms with Crippen LogP contribution in [0.15, 0.2) is 23.1 Å². The number of aryl methyl sites for hydroxylation is 1. The maximum atomic E-state index is 13.3. The van der Waals surface area contributed by atoms with Gasteiger partial charge in [-0.1, -0.05) is 0 Å². The summed E-state index contributed by atoms with van der Waals surface area (Å²) in [6.07, 6.45) is -9.89. The lowest BCUT2D eigenvalue weighted by Crippen LogP contribution is -2.25. The third kappa shape index (κ3) is 6.41.